The van der Waals surface area contributed by atoms with E-state index in [4.69, 9.17) is 16.6 Å². The summed E-state index contributed by atoms with van der Waals surface area (Å²) in [5, 5.41) is 20.8. The van der Waals surface area contributed by atoms with E-state index in [1.807, 2.05) is 25.1 Å². The number of nitrogens with zero attached hydrogens (tertiary/aromatic N) is 5. The van der Waals surface area contributed by atoms with Crippen LogP contribution in [0.5, 0.6) is 0 Å². The van der Waals surface area contributed by atoms with Gasteiger partial charge >= 0.3 is 0 Å². The van der Waals surface area contributed by atoms with E-state index in [9.17, 15) is 10.1 Å². The first kappa shape index (κ1) is 16.3. The minimum Gasteiger partial charge on any atom is -0.258 e. The van der Waals surface area contributed by atoms with Gasteiger partial charge in [0.05, 0.1) is 33.4 Å². The third kappa shape index (κ3) is 2.53. The number of aromatic nitrogens is 4. The van der Waals surface area contributed by atoms with Gasteiger partial charge in [-0.1, -0.05) is 36.7 Å². The first-order chi connectivity index (χ1) is 12.6. The fourth-order valence-electron chi connectivity index (χ4n) is 2.90. The summed E-state index contributed by atoms with van der Waals surface area (Å²) in [6.07, 6.45) is 3.81. The van der Waals surface area contributed by atoms with Gasteiger partial charge < -0.3 is 0 Å². The molecule has 0 aliphatic rings. The molecular weight excluding hydrogens is 354 g/mol. The molecule has 0 unspecified atom stereocenters. The average molecular weight is 366 g/mol. The fraction of sp³-hybridized carbons (Fsp3) is 0.111. The zero-order chi connectivity index (χ0) is 18.3. The Morgan fingerprint density at radius 3 is 2.69 bits per heavy atom. The van der Waals surface area contributed by atoms with E-state index in [1.165, 1.54) is 12.3 Å². The number of benzene rings is 2. The van der Waals surface area contributed by atoms with Crippen LogP contribution in [0.4, 0.5) is 5.69 Å². The Balaban J connectivity index is 2.24. The molecule has 4 aromatic rings. The van der Waals surface area contributed by atoms with Crippen LogP contribution >= 0.6 is 11.6 Å². The smallest absolute Gasteiger partial charge is 0.258 e. The van der Waals surface area contributed by atoms with E-state index in [1.54, 1.807) is 12.3 Å². The summed E-state index contributed by atoms with van der Waals surface area (Å²) in [4.78, 5) is 20.3. The van der Waals surface area contributed by atoms with E-state index < -0.39 is 4.92 Å². The quantitative estimate of drug-likeness (QED) is 0.395. The first-order valence-corrected chi connectivity index (χ1v) is 8.31. The molecular formula is C18H12ClN5O2. The Morgan fingerprint density at radius 1 is 1.15 bits per heavy atom. The number of nitro benzene ring substituents is 1. The van der Waals surface area contributed by atoms with Crippen molar-refractivity contribution in [3.05, 3.63) is 63.6 Å². The van der Waals surface area contributed by atoms with E-state index in [0.29, 0.717) is 39.0 Å². The molecule has 0 saturated carbocycles. The van der Waals surface area contributed by atoms with Crippen molar-refractivity contribution in [3.8, 4) is 11.3 Å². The van der Waals surface area contributed by atoms with Crippen LogP contribution in [0.2, 0.25) is 5.02 Å². The highest BCUT2D eigenvalue weighted by Crippen LogP contribution is 2.36. The highest BCUT2D eigenvalue weighted by atomic mass is 35.5. The molecule has 2 aromatic carbocycles. The molecule has 0 fully saturated rings. The minimum absolute atomic E-state index is 0.133. The number of rotatable bonds is 3. The van der Waals surface area contributed by atoms with Gasteiger partial charge in [-0.05, 0) is 12.5 Å². The van der Waals surface area contributed by atoms with E-state index in [0.717, 1.165) is 5.69 Å². The van der Waals surface area contributed by atoms with Gasteiger partial charge in [0, 0.05) is 28.2 Å². The first-order valence-electron chi connectivity index (χ1n) is 7.93. The van der Waals surface area contributed by atoms with Crippen LogP contribution in [-0.2, 0) is 6.42 Å². The van der Waals surface area contributed by atoms with Gasteiger partial charge in [-0.3, -0.25) is 20.1 Å². The third-order valence-electron chi connectivity index (χ3n) is 4.17. The number of aryl methyl sites for hydroxylation is 1. The second kappa shape index (κ2) is 6.27. The lowest BCUT2D eigenvalue weighted by molar-refractivity contribution is -0.383. The van der Waals surface area contributed by atoms with Crippen molar-refractivity contribution in [2.24, 2.45) is 0 Å². The summed E-state index contributed by atoms with van der Waals surface area (Å²) in [5.41, 5.74) is 2.62. The van der Waals surface area contributed by atoms with Gasteiger partial charge in [-0.25, -0.2) is 0 Å². The summed E-state index contributed by atoms with van der Waals surface area (Å²) in [6, 6.07) is 8.71. The molecule has 0 aliphatic heterocycles. The fourth-order valence-corrected chi connectivity index (χ4v) is 3.13. The Morgan fingerprint density at radius 2 is 1.96 bits per heavy atom. The van der Waals surface area contributed by atoms with Crippen molar-refractivity contribution in [2.45, 2.75) is 13.3 Å². The van der Waals surface area contributed by atoms with Gasteiger partial charge in [-0.2, -0.15) is 5.10 Å². The van der Waals surface area contributed by atoms with Crippen molar-refractivity contribution in [1.82, 2.24) is 20.2 Å². The van der Waals surface area contributed by atoms with E-state index >= 15 is 0 Å². The van der Waals surface area contributed by atoms with E-state index in [-0.39, 0.29) is 11.2 Å². The second-order valence-electron chi connectivity index (χ2n) is 5.70. The van der Waals surface area contributed by atoms with Crippen LogP contribution in [0.25, 0.3) is 33.1 Å². The van der Waals surface area contributed by atoms with Crippen LogP contribution in [-0.4, -0.2) is 25.1 Å². The zero-order valence-electron chi connectivity index (χ0n) is 13.7. The molecule has 0 spiro atoms. The summed E-state index contributed by atoms with van der Waals surface area (Å²) in [7, 11) is 0. The maximum Gasteiger partial charge on any atom is 0.298 e. The molecule has 7 nitrogen and oxygen atoms in total. The molecule has 4 rings (SSSR count). The number of hydrogen-bond donors (Lipinski definition) is 0. The summed E-state index contributed by atoms with van der Waals surface area (Å²) in [5.74, 6) is 0. The predicted molar refractivity (Wildman–Crippen MR) is 99.1 cm³/mol. The summed E-state index contributed by atoms with van der Waals surface area (Å²) < 4.78 is 0. The van der Waals surface area contributed by atoms with Crippen LogP contribution in [0.15, 0.2) is 42.7 Å². The standard InChI is InChI=1S/C18H12ClN5O2/c1-2-10-8-20-16-12(17(22-10)11-5-3-4-6-14(11)19)7-15(24(25)26)18-13(16)9-21-23-18/h3-9H,2H2,1H3. The van der Waals surface area contributed by atoms with Crippen LogP contribution in [0, 0.1) is 10.1 Å². The largest absolute Gasteiger partial charge is 0.298 e. The molecule has 0 N–H and O–H groups in total. The molecule has 2 aromatic heterocycles. The van der Waals surface area contributed by atoms with Gasteiger partial charge in [0.25, 0.3) is 5.69 Å². The molecule has 0 bridgehead atoms. The third-order valence-corrected chi connectivity index (χ3v) is 4.50. The Kier molecular flexibility index (Phi) is 3.93. The monoisotopic (exact) mass is 365 g/mol. The molecule has 26 heavy (non-hydrogen) atoms. The normalized spacial score (nSPS) is 11.2. The molecule has 8 heteroatoms. The van der Waals surface area contributed by atoms with Gasteiger partial charge in [0.2, 0.25) is 0 Å². The van der Waals surface area contributed by atoms with Crippen molar-refractivity contribution in [2.75, 3.05) is 0 Å². The van der Waals surface area contributed by atoms with Gasteiger partial charge in [-0.15, -0.1) is 5.10 Å². The second-order valence-corrected chi connectivity index (χ2v) is 6.11. The Labute approximate surface area is 152 Å². The molecule has 0 amide bonds. The van der Waals surface area contributed by atoms with Crippen LogP contribution < -0.4 is 0 Å². The lowest BCUT2D eigenvalue weighted by atomic mass is 10.0. The zero-order valence-corrected chi connectivity index (χ0v) is 14.4. The van der Waals surface area contributed by atoms with Crippen molar-refractivity contribution >= 4 is 39.1 Å². The maximum absolute atomic E-state index is 11.5. The molecule has 2 heterocycles. The number of fused-ring (bicyclic) bond motifs is 3. The lowest BCUT2D eigenvalue weighted by Gasteiger charge is -2.05. The number of nitro groups is 1. The number of hydrogen-bond acceptors (Lipinski definition) is 6. The highest BCUT2D eigenvalue weighted by Gasteiger charge is 2.21. The lowest BCUT2D eigenvalue weighted by Crippen LogP contribution is -1.92. The van der Waals surface area contributed by atoms with E-state index in [2.05, 4.69) is 15.2 Å². The SMILES string of the molecule is CCc1cnc2c(cc([N+](=O)[O-])c3nncc32)c(-c2ccccc2Cl)n1. The average Bonchev–Trinajstić information content (AvgIpc) is 3.04. The number of halogens is 1. The number of non-ortho nitro benzene ring substituents is 1. The van der Waals surface area contributed by atoms with Crippen LogP contribution in [0.3, 0.4) is 0 Å². The Hall–Kier alpha value is -3.19. The Bertz CT molecular complexity index is 1180. The molecule has 0 atom stereocenters. The van der Waals surface area contributed by atoms with Crippen molar-refractivity contribution < 1.29 is 4.92 Å². The highest BCUT2D eigenvalue weighted by molar-refractivity contribution is 6.33. The van der Waals surface area contributed by atoms with Gasteiger partial charge in [0.1, 0.15) is 0 Å². The minimum atomic E-state index is -0.472. The summed E-state index contributed by atoms with van der Waals surface area (Å²) >= 11 is 6.38. The molecule has 0 saturated heterocycles. The predicted octanol–water partition coefficient (Wildman–Crippen LogP) is 4.36. The molecule has 0 aliphatic carbocycles. The maximum atomic E-state index is 11.5. The topological polar surface area (TPSA) is 94.7 Å². The van der Waals surface area contributed by atoms with Gasteiger partial charge in [0.15, 0.2) is 5.52 Å². The summed E-state index contributed by atoms with van der Waals surface area (Å²) in [6.45, 7) is 1.97. The van der Waals surface area contributed by atoms with Crippen molar-refractivity contribution in [1.29, 1.82) is 0 Å². The molecule has 128 valence electrons. The molecule has 0 radical (unpaired) electrons. The van der Waals surface area contributed by atoms with Crippen molar-refractivity contribution in [3.63, 3.8) is 0 Å². The van der Waals surface area contributed by atoms with Crippen LogP contribution in [0.1, 0.15) is 12.6 Å².